The van der Waals surface area contributed by atoms with Gasteiger partial charge in [-0.1, -0.05) is 29.6 Å². The highest BCUT2D eigenvalue weighted by Gasteiger charge is 2.23. The summed E-state index contributed by atoms with van der Waals surface area (Å²) in [5.74, 6) is 1.62. The van der Waals surface area contributed by atoms with Crippen molar-refractivity contribution in [2.45, 2.75) is 43.0 Å². The molecule has 1 aliphatic rings. The summed E-state index contributed by atoms with van der Waals surface area (Å²) in [7, 11) is -2.26. The molecule has 0 amide bonds. The number of sulfonamides is 1. The van der Waals surface area contributed by atoms with Crippen LogP contribution in [0.3, 0.4) is 0 Å². The normalized spacial score (nSPS) is 15.8. The van der Waals surface area contributed by atoms with E-state index in [1.807, 2.05) is 0 Å². The van der Waals surface area contributed by atoms with Crippen LogP contribution < -0.4 is 9.46 Å². The largest absolute Gasteiger partial charge is 0.495 e. The van der Waals surface area contributed by atoms with Gasteiger partial charge in [-0.3, -0.25) is 0 Å². The van der Waals surface area contributed by atoms with Crippen molar-refractivity contribution in [3.63, 3.8) is 0 Å². The standard InChI is InChI=1S/C15H18ClN3O4S/c1-22-13-7-6-11(8-12(13)16)24(20,21)17-9-14-18-15(23-19-14)10-4-2-3-5-10/h6-8,10,17H,2-5,9H2,1H3. The molecule has 130 valence electrons. The van der Waals surface area contributed by atoms with E-state index in [4.69, 9.17) is 20.9 Å². The summed E-state index contributed by atoms with van der Waals surface area (Å²) in [6.07, 6.45) is 4.40. The lowest BCUT2D eigenvalue weighted by Gasteiger charge is -2.07. The number of hydrogen-bond donors (Lipinski definition) is 1. The number of nitrogens with zero attached hydrogens (tertiary/aromatic N) is 2. The van der Waals surface area contributed by atoms with E-state index < -0.39 is 10.0 Å². The molecule has 2 aromatic rings. The van der Waals surface area contributed by atoms with Crippen molar-refractivity contribution in [3.8, 4) is 5.75 Å². The van der Waals surface area contributed by atoms with Gasteiger partial charge in [0.25, 0.3) is 0 Å². The molecule has 7 nitrogen and oxygen atoms in total. The third-order valence-corrected chi connectivity index (χ3v) is 5.74. The third kappa shape index (κ3) is 3.71. The van der Waals surface area contributed by atoms with E-state index in [2.05, 4.69) is 14.9 Å². The lowest BCUT2D eigenvalue weighted by atomic mass is 10.1. The van der Waals surface area contributed by atoms with Crippen molar-refractivity contribution in [1.29, 1.82) is 0 Å². The number of aromatic nitrogens is 2. The summed E-state index contributed by atoms with van der Waals surface area (Å²) in [5.41, 5.74) is 0. The Hall–Kier alpha value is -1.64. The molecule has 9 heteroatoms. The van der Waals surface area contributed by atoms with E-state index in [1.165, 1.54) is 25.3 Å². The number of hydrogen-bond acceptors (Lipinski definition) is 6. The van der Waals surface area contributed by atoms with Crippen molar-refractivity contribution in [2.24, 2.45) is 0 Å². The quantitative estimate of drug-likeness (QED) is 0.839. The van der Waals surface area contributed by atoms with Gasteiger partial charge in [0, 0.05) is 5.92 Å². The molecule has 0 saturated heterocycles. The second-order valence-electron chi connectivity index (χ2n) is 5.65. The predicted molar refractivity (Wildman–Crippen MR) is 87.5 cm³/mol. The Labute approximate surface area is 145 Å². The number of halogens is 1. The van der Waals surface area contributed by atoms with Crippen LogP contribution in [0.15, 0.2) is 27.6 Å². The molecule has 1 N–H and O–H groups in total. The molecule has 0 aliphatic heterocycles. The molecule has 1 heterocycles. The summed E-state index contributed by atoms with van der Waals surface area (Å²) in [6, 6.07) is 4.26. The highest BCUT2D eigenvalue weighted by atomic mass is 35.5. The molecule has 1 aliphatic carbocycles. The number of benzene rings is 1. The SMILES string of the molecule is COc1ccc(S(=O)(=O)NCc2noc(C3CCCC3)n2)cc1Cl. The fourth-order valence-corrected chi connectivity index (χ4v) is 4.06. The van der Waals surface area contributed by atoms with Gasteiger partial charge >= 0.3 is 0 Å². The van der Waals surface area contributed by atoms with Gasteiger partial charge in [-0.2, -0.15) is 4.98 Å². The molecule has 1 aromatic heterocycles. The molecule has 1 aromatic carbocycles. The summed E-state index contributed by atoms with van der Waals surface area (Å²) in [6.45, 7) is -0.0395. The summed E-state index contributed by atoms with van der Waals surface area (Å²) in [5, 5.41) is 4.07. The molecular weight excluding hydrogens is 354 g/mol. The molecular formula is C15H18ClN3O4S. The van der Waals surface area contributed by atoms with Crippen LogP contribution in [0.2, 0.25) is 5.02 Å². The first kappa shape index (κ1) is 17.2. The molecule has 24 heavy (non-hydrogen) atoms. The number of rotatable bonds is 6. The molecule has 1 fully saturated rings. The smallest absolute Gasteiger partial charge is 0.241 e. The second-order valence-corrected chi connectivity index (χ2v) is 7.83. The van der Waals surface area contributed by atoms with Gasteiger partial charge in [0.1, 0.15) is 5.75 Å². The highest BCUT2D eigenvalue weighted by Crippen LogP contribution is 2.33. The molecule has 0 spiro atoms. The van der Waals surface area contributed by atoms with E-state index in [0.29, 0.717) is 23.4 Å². The van der Waals surface area contributed by atoms with Gasteiger partial charge in [0.15, 0.2) is 5.82 Å². The Morgan fingerprint density at radius 1 is 1.38 bits per heavy atom. The minimum absolute atomic E-state index is 0.0395. The van der Waals surface area contributed by atoms with E-state index in [0.717, 1.165) is 25.7 Å². The number of nitrogens with one attached hydrogen (secondary N) is 1. The van der Waals surface area contributed by atoms with Gasteiger partial charge in [0.2, 0.25) is 15.9 Å². The van der Waals surface area contributed by atoms with E-state index in [9.17, 15) is 8.42 Å². The minimum Gasteiger partial charge on any atom is -0.495 e. The first-order chi connectivity index (χ1) is 11.5. The van der Waals surface area contributed by atoms with Gasteiger partial charge < -0.3 is 9.26 Å². The van der Waals surface area contributed by atoms with Gasteiger partial charge in [-0.15, -0.1) is 0 Å². The summed E-state index contributed by atoms with van der Waals surface area (Å²) in [4.78, 5) is 4.33. The Balaban J connectivity index is 1.67. The average Bonchev–Trinajstić information content (AvgIpc) is 3.24. The third-order valence-electron chi connectivity index (χ3n) is 4.04. The molecule has 0 unspecified atom stereocenters. The molecule has 3 rings (SSSR count). The van der Waals surface area contributed by atoms with E-state index in [1.54, 1.807) is 0 Å². The molecule has 1 saturated carbocycles. The van der Waals surface area contributed by atoms with Crippen LogP contribution in [-0.2, 0) is 16.6 Å². The fourth-order valence-electron chi connectivity index (χ4n) is 2.74. The van der Waals surface area contributed by atoms with Gasteiger partial charge in [0.05, 0.1) is 23.6 Å². The number of methoxy groups -OCH3 is 1. The topological polar surface area (TPSA) is 94.3 Å². The zero-order valence-electron chi connectivity index (χ0n) is 13.2. The maximum absolute atomic E-state index is 12.3. The van der Waals surface area contributed by atoms with Crippen LogP contribution in [0.5, 0.6) is 5.75 Å². The highest BCUT2D eigenvalue weighted by molar-refractivity contribution is 7.89. The van der Waals surface area contributed by atoms with Crippen molar-refractivity contribution >= 4 is 21.6 Å². The molecule has 0 radical (unpaired) electrons. The maximum Gasteiger partial charge on any atom is 0.241 e. The molecule has 0 bridgehead atoms. The van der Waals surface area contributed by atoms with Crippen molar-refractivity contribution in [1.82, 2.24) is 14.9 Å². The van der Waals surface area contributed by atoms with Crippen LogP contribution in [0, 0.1) is 0 Å². The fraction of sp³-hybridized carbons (Fsp3) is 0.467. The Bertz CT molecular complexity index is 816. The van der Waals surface area contributed by atoms with Crippen molar-refractivity contribution < 1.29 is 17.7 Å². The van der Waals surface area contributed by atoms with Crippen LogP contribution in [0.4, 0.5) is 0 Å². The molecule has 0 atom stereocenters. The minimum atomic E-state index is -3.73. The van der Waals surface area contributed by atoms with Crippen LogP contribution >= 0.6 is 11.6 Å². The lowest BCUT2D eigenvalue weighted by molar-refractivity contribution is 0.350. The zero-order chi connectivity index (χ0) is 17.2. The first-order valence-corrected chi connectivity index (χ1v) is 9.51. The summed E-state index contributed by atoms with van der Waals surface area (Å²) < 4.78 is 37.3. The van der Waals surface area contributed by atoms with Crippen molar-refractivity contribution in [2.75, 3.05) is 7.11 Å². The van der Waals surface area contributed by atoms with Gasteiger partial charge in [-0.05, 0) is 31.0 Å². The average molecular weight is 372 g/mol. The Morgan fingerprint density at radius 3 is 2.79 bits per heavy atom. The Morgan fingerprint density at radius 2 is 2.12 bits per heavy atom. The predicted octanol–water partition coefficient (Wildman–Crippen LogP) is 2.87. The first-order valence-electron chi connectivity index (χ1n) is 7.65. The van der Waals surface area contributed by atoms with E-state index in [-0.39, 0.29) is 16.5 Å². The number of ether oxygens (including phenoxy) is 1. The lowest BCUT2D eigenvalue weighted by Crippen LogP contribution is -2.23. The summed E-state index contributed by atoms with van der Waals surface area (Å²) >= 11 is 5.97. The van der Waals surface area contributed by atoms with Crippen LogP contribution in [0.1, 0.15) is 43.3 Å². The monoisotopic (exact) mass is 371 g/mol. The van der Waals surface area contributed by atoms with Gasteiger partial charge in [-0.25, -0.2) is 13.1 Å². The van der Waals surface area contributed by atoms with Crippen LogP contribution in [0.25, 0.3) is 0 Å². The Kier molecular flexibility index (Phi) is 5.07. The van der Waals surface area contributed by atoms with Crippen molar-refractivity contribution in [3.05, 3.63) is 34.9 Å². The zero-order valence-corrected chi connectivity index (χ0v) is 14.7. The maximum atomic E-state index is 12.3. The van der Waals surface area contributed by atoms with E-state index >= 15 is 0 Å². The van der Waals surface area contributed by atoms with Crippen LogP contribution in [-0.4, -0.2) is 25.7 Å². The second kappa shape index (κ2) is 7.08.